The summed E-state index contributed by atoms with van der Waals surface area (Å²) in [5, 5.41) is 10.1. The molecule has 1 aromatic carbocycles. The van der Waals surface area contributed by atoms with Gasteiger partial charge in [-0.25, -0.2) is 4.98 Å². The summed E-state index contributed by atoms with van der Waals surface area (Å²) < 4.78 is 0.870. The van der Waals surface area contributed by atoms with Crippen molar-refractivity contribution in [2.75, 3.05) is 11.1 Å². The fraction of sp³-hybridized carbons (Fsp3) is 0.0667. The molecule has 0 aliphatic heterocycles. The van der Waals surface area contributed by atoms with E-state index in [1.165, 1.54) is 0 Å². The molecule has 3 rings (SSSR count). The molecule has 21 heavy (non-hydrogen) atoms. The Bertz CT molecular complexity index is 722. The fourth-order valence-electron chi connectivity index (χ4n) is 2.01. The number of halogens is 1. The minimum atomic E-state index is 0.624. The van der Waals surface area contributed by atoms with E-state index in [1.807, 2.05) is 12.1 Å². The number of anilines is 2. The number of H-pyrrole nitrogens is 1. The van der Waals surface area contributed by atoms with Gasteiger partial charge in [0, 0.05) is 23.4 Å². The number of hydrogen-bond acceptors (Lipinski definition) is 4. The van der Waals surface area contributed by atoms with Crippen LogP contribution in [0, 0.1) is 0 Å². The van der Waals surface area contributed by atoms with Gasteiger partial charge in [-0.3, -0.25) is 5.10 Å². The Hall–Kier alpha value is -2.34. The van der Waals surface area contributed by atoms with Crippen LogP contribution in [0.2, 0.25) is 0 Å². The van der Waals surface area contributed by atoms with Crippen molar-refractivity contribution in [2.45, 2.75) is 6.54 Å². The van der Waals surface area contributed by atoms with Gasteiger partial charge in [-0.15, -0.1) is 0 Å². The number of rotatable bonds is 4. The maximum atomic E-state index is 5.91. The Morgan fingerprint density at radius 2 is 2.00 bits per heavy atom. The molecule has 0 bridgehead atoms. The van der Waals surface area contributed by atoms with E-state index >= 15 is 0 Å². The molecule has 5 nitrogen and oxygen atoms in total. The van der Waals surface area contributed by atoms with Crippen molar-refractivity contribution < 1.29 is 0 Å². The van der Waals surface area contributed by atoms with E-state index in [0.29, 0.717) is 18.1 Å². The molecular weight excluding hydrogens is 330 g/mol. The van der Waals surface area contributed by atoms with Gasteiger partial charge in [0.2, 0.25) is 0 Å². The van der Waals surface area contributed by atoms with Crippen molar-refractivity contribution in [3.05, 3.63) is 58.8 Å². The molecule has 6 heteroatoms. The topological polar surface area (TPSA) is 79.6 Å². The summed E-state index contributed by atoms with van der Waals surface area (Å²) >= 11 is 3.34. The van der Waals surface area contributed by atoms with Gasteiger partial charge in [-0.05, 0) is 39.2 Å². The first-order chi connectivity index (χ1) is 10.2. The van der Waals surface area contributed by atoms with Crippen LogP contribution in [0.25, 0.3) is 11.3 Å². The van der Waals surface area contributed by atoms with Gasteiger partial charge in [0.1, 0.15) is 5.82 Å². The van der Waals surface area contributed by atoms with Crippen LogP contribution in [0.4, 0.5) is 11.5 Å². The third kappa shape index (κ3) is 3.22. The average molecular weight is 344 g/mol. The lowest BCUT2D eigenvalue weighted by Crippen LogP contribution is -2.04. The Kier molecular flexibility index (Phi) is 3.87. The summed E-state index contributed by atoms with van der Waals surface area (Å²) in [5.74, 6) is 0.691. The van der Waals surface area contributed by atoms with E-state index in [2.05, 4.69) is 60.7 Å². The predicted octanol–water partition coefficient (Wildman–Crippen LogP) is 3.43. The Labute approximate surface area is 130 Å². The molecule has 106 valence electrons. The molecule has 2 aromatic heterocycles. The van der Waals surface area contributed by atoms with Gasteiger partial charge in [0.15, 0.2) is 0 Å². The number of aromatic nitrogens is 3. The first-order valence-electron chi connectivity index (χ1n) is 6.46. The highest BCUT2D eigenvalue weighted by molar-refractivity contribution is 9.10. The van der Waals surface area contributed by atoms with E-state index in [1.54, 1.807) is 12.4 Å². The molecule has 3 aromatic rings. The van der Waals surface area contributed by atoms with E-state index < -0.39 is 0 Å². The third-order valence-corrected chi connectivity index (χ3v) is 3.54. The van der Waals surface area contributed by atoms with Gasteiger partial charge < -0.3 is 11.1 Å². The second-order valence-electron chi connectivity index (χ2n) is 4.61. The number of nitrogens with two attached hydrogens (primary N) is 1. The molecule has 0 spiro atoms. The number of nitrogens with zero attached hydrogens (tertiary/aromatic N) is 2. The summed E-state index contributed by atoms with van der Waals surface area (Å²) in [6.07, 6.45) is 3.47. The standard InChI is InChI=1S/C15H14BrN5/c16-12-7-13(17)15(19-9-12)18-8-10-1-3-11(4-2-10)14-5-6-20-21-14/h1-7,9H,8,17H2,(H,18,19)(H,20,21). The first-order valence-corrected chi connectivity index (χ1v) is 7.25. The first kappa shape index (κ1) is 13.6. The molecule has 0 aliphatic carbocycles. The summed E-state index contributed by atoms with van der Waals surface area (Å²) in [5.41, 5.74) is 9.80. The smallest absolute Gasteiger partial charge is 0.149 e. The van der Waals surface area contributed by atoms with Gasteiger partial charge in [-0.1, -0.05) is 24.3 Å². The van der Waals surface area contributed by atoms with Gasteiger partial charge in [0.25, 0.3) is 0 Å². The second kappa shape index (κ2) is 5.97. The van der Waals surface area contributed by atoms with Crippen molar-refractivity contribution in [1.29, 1.82) is 0 Å². The molecule has 0 atom stereocenters. The summed E-state index contributed by atoms with van der Waals surface area (Å²) in [6.45, 7) is 0.669. The van der Waals surface area contributed by atoms with E-state index in [-0.39, 0.29) is 0 Å². The number of benzene rings is 1. The van der Waals surface area contributed by atoms with Crippen molar-refractivity contribution in [3.8, 4) is 11.3 Å². The molecule has 0 saturated heterocycles. The predicted molar refractivity (Wildman–Crippen MR) is 87.7 cm³/mol. The molecule has 0 unspecified atom stereocenters. The number of nitrogen functional groups attached to an aromatic ring is 1. The lowest BCUT2D eigenvalue weighted by atomic mass is 10.1. The normalized spacial score (nSPS) is 10.5. The Balaban J connectivity index is 1.68. The van der Waals surface area contributed by atoms with Crippen LogP contribution in [0.3, 0.4) is 0 Å². The largest absolute Gasteiger partial charge is 0.396 e. The zero-order valence-electron chi connectivity index (χ0n) is 11.2. The Morgan fingerprint density at radius 3 is 2.67 bits per heavy atom. The van der Waals surface area contributed by atoms with Crippen LogP contribution in [0.5, 0.6) is 0 Å². The van der Waals surface area contributed by atoms with Crippen LogP contribution in [0.1, 0.15) is 5.56 Å². The van der Waals surface area contributed by atoms with Crippen molar-refractivity contribution in [3.63, 3.8) is 0 Å². The lowest BCUT2D eigenvalue weighted by Gasteiger charge is -2.09. The molecule has 0 aliphatic rings. The minimum absolute atomic E-state index is 0.624. The minimum Gasteiger partial charge on any atom is -0.396 e. The molecule has 0 amide bonds. The number of pyridine rings is 1. The molecule has 0 radical (unpaired) electrons. The van der Waals surface area contributed by atoms with E-state index in [4.69, 9.17) is 5.73 Å². The van der Waals surface area contributed by atoms with Crippen LogP contribution in [-0.4, -0.2) is 15.2 Å². The van der Waals surface area contributed by atoms with Crippen LogP contribution < -0.4 is 11.1 Å². The summed E-state index contributed by atoms with van der Waals surface area (Å²) in [4.78, 5) is 4.25. The fourth-order valence-corrected chi connectivity index (χ4v) is 2.36. The SMILES string of the molecule is Nc1cc(Br)cnc1NCc1ccc(-c2ccn[nH]2)cc1. The average Bonchev–Trinajstić information content (AvgIpc) is 3.01. The van der Waals surface area contributed by atoms with E-state index in [9.17, 15) is 0 Å². The van der Waals surface area contributed by atoms with Crippen LogP contribution in [-0.2, 0) is 6.54 Å². The quantitative estimate of drug-likeness (QED) is 0.677. The Morgan fingerprint density at radius 1 is 1.19 bits per heavy atom. The molecule has 4 N–H and O–H groups in total. The summed E-state index contributed by atoms with van der Waals surface area (Å²) in [6, 6.07) is 12.0. The highest BCUT2D eigenvalue weighted by Gasteiger charge is 2.02. The molecule has 2 heterocycles. The zero-order valence-corrected chi connectivity index (χ0v) is 12.8. The van der Waals surface area contributed by atoms with Crippen molar-refractivity contribution in [2.24, 2.45) is 0 Å². The highest BCUT2D eigenvalue weighted by Crippen LogP contribution is 2.21. The number of hydrogen-bond donors (Lipinski definition) is 3. The molecule has 0 saturated carbocycles. The monoisotopic (exact) mass is 343 g/mol. The zero-order chi connectivity index (χ0) is 14.7. The number of aromatic amines is 1. The van der Waals surface area contributed by atoms with Gasteiger partial charge in [0.05, 0.1) is 11.4 Å². The van der Waals surface area contributed by atoms with Crippen molar-refractivity contribution in [1.82, 2.24) is 15.2 Å². The maximum absolute atomic E-state index is 5.91. The lowest BCUT2D eigenvalue weighted by molar-refractivity contribution is 1.09. The molecule has 0 fully saturated rings. The summed E-state index contributed by atoms with van der Waals surface area (Å²) in [7, 11) is 0. The van der Waals surface area contributed by atoms with Gasteiger partial charge in [-0.2, -0.15) is 5.10 Å². The number of nitrogens with one attached hydrogen (secondary N) is 2. The van der Waals surface area contributed by atoms with Gasteiger partial charge >= 0.3 is 0 Å². The second-order valence-corrected chi connectivity index (χ2v) is 5.53. The maximum Gasteiger partial charge on any atom is 0.149 e. The third-order valence-electron chi connectivity index (χ3n) is 3.11. The van der Waals surface area contributed by atoms with E-state index in [0.717, 1.165) is 21.3 Å². The molecular formula is C15H14BrN5. The van der Waals surface area contributed by atoms with Crippen molar-refractivity contribution >= 4 is 27.4 Å². The van der Waals surface area contributed by atoms with Crippen LogP contribution in [0.15, 0.2) is 53.3 Å². The highest BCUT2D eigenvalue weighted by atomic mass is 79.9. The van der Waals surface area contributed by atoms with Crippen LogP contribution >= 0.6 is 15.9 Å².